The Morgan fingerprint density at radius 3 is 1.58 bits per heavy atom. The molecule has 2 unspecified atom stereocenters. The fraction of sp³-hybridized carbons (Fsp3) is 0.696. The maximum Gasteiger partial charge on any atom is 0.472 e. The molecular formula is C46H79O10P. The highest BCUT2D eigenvalue weighted by Gasteiger charge is 2.27. The molecular weight excluding hydrogens is 743 g/mol. The molecule has 0 rings (SSSR count). The van der Waals surface area contributed by atoms with Crippen molar-refractivity contribution in [2.75, 3.05) is 26.4 Å². The Bertz CT molecular complexity index is 1180. The summed E-state index contributed by atoms with van der Waals surface area (Å²) < 4.78 is 32.7. The first-order chi connectivity index (χ1) is 27.7. The first kappa shape index (κ1) is 54.4. The molecule has 0 spiro atoms. The van der Waals surface area contributed by atoms with Crippen LogP contribution in [0.25, 0.3) is 0 Å². The zero-order chi connectivity index (χ0) is 41.9. The van der Waals surface area contributed by atoms with Crippen LogP contribution in [0, 0.1) is 0 Å². The van der Waals surface area contributed by atoms with Crippen LogP contribution in [-0.2, 0) is 32.7 Å². The summed E-state index contributed by atoms with van der Waals surface area (Å²) in [5.41, 5.74) is 0. The van der Waals surface area contributed by atoms with Crippen molar-refractivity contribution in [3.8, 4) is 0 Å². The van der Waals surface area contributed by atoms with Crippen molar-refractivity contribution in [2.24, 2.45) is 0 Å². The summed E-state index contributed by atoms with van der Waals surface area (Å²) >= 11 is 0. The number of aliphatic hydroxyl groups excluding tert-OH is 2. The quantitative estimate of drug-likeness (QED) is 0.0179. The lowest BCUT2D eigenvalue weighted by molar-refractivity contribution is -0.161. The number of phosphoric acid groups is 1. The molecule has 0 saturated heterocycles. The monoisotopic (exact) mass is 823 g/mol. The fourth-order valence-corrected chi connectivity index (χ4v) is 6.42. The van der Waals surface area contributed by atoms with E-state index >= 15 is 0 Å². The summed E-state index contributed by atoms with van der Waals surface area (Å²) in [5, 5.41) is 18.3. The van der Waals surface area contributed by atoms with Gasteiger partial charge in [-0.15, -0.1) is 0 Å². The predicted molar refractivity (Wildman–Crippen MR) is 233 cm³/mol. The van der Waals surface area contributed by atoms with E-state index < -0.39 is 51.8 Å². The zero-order valence-corrected chi connectivity index (χ0v) is 36.4. The standard InChI is InChI=1S/C46H79O10P/c1-3-5-7-9-11-13-15-17-18-19-20-21-22-23-24-26-27-29-31-33-35-37-45(49)53-41-44(42-55-57(51,52)54-40-43(48)39-47)56-46(50)38-36-34-32-30-28-25-16-14-12-10-8-6-4-2/h5-8,10-14,16,25,28,43-44,47-48H,3-4,9,15,17-24,26-27,29-42H2,1-2H3,(H,51,52)/b7-5+,8-6+,12-10+,13-11+,16-14+,28-25+/t43-,44?/m1/s1. The molecule has 0 fully saturated rings. The van der Waals surface area contributed by atoms with E-state index in [4.69, 9.17) is 19.1 Å². The molecule has 0 saturated carbocycles. The van der Waals surface area contributed by atoms with Crippen LogP contribution in [0.2, 0.25) is 0 Å². The van der Waals surface area contributed by atoms with E-state index in [1.165, 1.54) is 70.6 Å². The number of phosphoric ester groups is 1. The van der Waals surface area contributed by atoms with Crippen molar-refractivity contribution in [1.29, 1.82) is 0 Å². The van der Waals surface area contributed by atoms with Crippen LogP contribution in [0.3, 0.4) is 0 Å². The van der Waals surface area contributed by atoms with E-state index in [0.717, 1.165) is 57.8 Å². The maximum absolute atomic E-state index is 12.6. The minimum absolute atomic E-state index is 0.135. The number of unbranched alkanes of at least 4 members (excludes halogenated alkanes) is 17. The molecule has 0 aliphatic heterocycles. The third-order valence-electron chi connectivity index (χ3n) is 8.95. The maximum atomic E-state index is 12.6. The Morgan fingerprint density at radius 1 is 0.544 bits per heavy atom. The minimum Gasteiger partial charge on any atom is -0.462 e. The number of ether oxygens (including phenoxy) is 2. The van der Waals surface area contributed by atoms with E-state index in [0.29, 0.717) is 12.8 Å². The smallest absolute Gasteiger partial charge is 0.462 e. The van der Waals surface area contributed by atoms with E-state index in [1.807, 2.05) is 36.5 Å². The second-order valence-corrected chi connectivity index (χ2v) is 15.9. The molecule has 0 heterocycles. The van der Waals surface area contributed by atoms with Crippen LogP contribution in [0.15, 0.2) is 72.9 Å². The van der Waals surface area contributed by atoms with Crippen molar-refractivity contribution in [3.63, 3.8) is 0 Å². The van der Waals surface area contributed by atoms with Gasteiger partial charge in [0.25, 0.3) is 0 Å². The van der Waals surface area contributed by atoms with Crippen molar-refractivity contribution in [1.82, 2.24) is 0 Å². The highest BCUT2D eigenvalue weighted by Crippen LogP contribution is 2.43. The number of hydrogen-bond acceptors (Lipinski definition) is 9. The molecule has 328 valence electrons. The van der Waals surface area contributed by atoms with Gasteiger partial charge in [0, 0.05) is 12.8 Å². The molecule has 10 nitrogen and oxygen atoms in total. The largest absolute Gasteiger partial charge is 0.472 e. The van der Waals surface area contributed by atoms with E-state index in [2.05, 4.69) is 54.8 Å². The van der Waals surface area contributed by atoms with Crippen molar-refractivity contribution in [3.05, 3.63) is 72.9 Å². The minimum atomic E-state index is -4.63. The summed E-state index contributed by atoms with van der Waals surface area (Å²) in [7, 11) is -4.63. The van der Waals surface area contributed by atoms with Crippen LogP contribution >= 0.6 is 7.82 Å². The van der Waals surface area contributed by atoms with Gasteiger partial charge in [-0.2, -0.15) is 0 Å². The molecule has 0 amide bonds. The van der Waals surface area contributed by atoms with Crippen molar-refractivity contribution < 1.29 is 47.8 Å². The number of aliphatic hydroxyl groups is 2. The average Bonchev–Trinajstić information content (AvgIpc) is 3.20. The van der Waals surface area contributed by atoms with Crippen LogP contribution in [-0.4, -0.2) is 65.7 Å². The van der Waals surface area contributed by atoms with E-state index in [1.54, 1.807) is 0 Å². The molecule has 11 heteroatoms. The lowest BCUT2D eigenvalue weighted by atomic mass is 10.0. The van der Waals surface area contributed by atoms with Gasteiger partial charge in [-0.05, 0) is 57.8 Å². The molecule has 0 aromatic rings. The van der Waals surface area contributed by atoms with Crippen LogP contribution < -0.4 is 0 Å². The highest BCUT2D eigenvalue weighted by atomic mass is 31.2. The Balaban J connectivity index is 4.25. The molecule has 3 atom stereocenters. The van der Waals surface area contributed by atoms with Crippen LogP contribution in [0.4, 0.5) is 0 Å². The molecule has 3 N–H and O–H groups in total. The van der Waals surface area contributed by atoms with Gasteiger partial charge < -0.3 is 24.6 Å². The van der Waals surface area contributed by atoms with Gasteiger partial charge in [0.05, 0.1) is 19.8 Å². The molecule has 0 aliphatic carbocycles. The molecule has 57 heavy (non-hydrogen) atoms. The second kappa shape index (κ2) is 41.6. The summed E-state index contributed by atoms with van der Waals surface area (Å²) in [6.07, 6.45) is 47.4. The predicted octanol–water partition coefficient (Wildman–Crippen LogP) is 11.7. The normalized spacial score (nSPS) is 14.5. The lowest BCUT2D eigenvalue weighted by Crippen LogP contribution is -2.29. The Morgan fingerprint density at radius 2 is 1.00 bits per heavy atom. The first-order valence-corrected chi connectivity index (χ1v) is 23.4. The van der Waals surface area contributed by atoms with Gasteiger partial charge in [-0.3, -0.25) is 18.6 Å². The third kappa shape index (κ3) is 41.4. The Labute approximate surface area is 346 Å². The summed E-state index contributed by atoms with van der Waals surface area (Å²) in [5.74, 6) is -0.975. The zero-order valence-electron chi connectivity index (χ0n) is 35.5. The SMILES string of the molecule is CC/C=C/C=C/C=C/C=C/CCCCCC(=O)OC(COC(=O)CCCCCCCCCCCCCCCC/C=C/C/C=C/CC)COP(=O)(O)OC[C@H](O)CO. The van der Waals surface area contributed by atoms with E-state index in [-0.39, 0.29) is 19.4 Å². The Hall–Kier alpha value is -2.59. The van der Waals surface area contributed by atoms with Crippen molar-refractivity contribution in [2.45, 2.75) is 180 Å². The van der Waals surface area contributed by atoms with Gasteiger partial charge in [0.15, 0.2) is 6.10 Å². The van der Waals surface area contributed by atoms with E-state index in [9.17, 15) is 24.2 Å². The summed E-state index contributed by atoms with van der Waals surface area (Å²) in [6, 6.07) is 0. The third-order valence-corrected chi connectivity index (χ3v) is 9.90. The topological polar surface area (TPSA) is 149 Å². The number of carbonyl (C=O) groups excluding carboxylic acids is 2. The lowest BCUT2D eigenvalue weighted by Gasteiger charge is -2.20. The summed E-state index contributed by atoms with van der Waals surface area (Å²) in [6.45, 7) is 2.08. The van der Waals surface area contributed by atoms with Gasteiger partial charge in [0.1, 0.15) is 12.7 Å². The Kier molecular flexibility index (Phi) is 39.7. The number of esters is 2. The first-order valence-electron chi connectivity index (χ1n) is 21.9. The van der Waals surface area contributed by atoms with Gasteiger partial charge in [0.2, 0.25) is 0 Å². The number of rotatable bonds is 40. The molecule has 0 bridgehead atoms. The second-order valence-electron chi connectivity index (χ2n) is 14.4. The van der Waals surface area contributed by atoms with Gasteiger partial charge >= 0.3 is 19.8 Å². The number of allylic oxidation sites excluding steroid dienone is 12. The highest BCUT2D eigenvalue weighted by molar-refractivity contribution is 7.47. The number of carbonyl (C=O) groups is 2. The van der Waals surface area contributed by atoms with Gasteiger partial charge in [-0.1, -0.05) is 170 Å². The molecule has 0 aromatic heterocycles. The van der Waals surface area contributed by atoms with Crippen LogP contribution in [0.1, 0.15) is 168 Å². The van der Waals surface area contributed by atoms with Crippen molar-refractivity contribution >= 4 is 19.8 Å². The average molecular weight is 823 g/mol. The van der Waals surface area contributed by atoms with Crippen LogP contribution in [0.5, 0.6) is 0 Å². The fourth-order valence-electron chi connectivity index (χ4n) is 5.63. The molecule has 0 aromatic carbocycles. The molecule has 0 aliphatic rings. The van der Waals surface area contributed by atoms with Gasteiger partial charge in [-0.25, -0.2) is 4.57 Å². The summed E-state index contributed by atoms with van der Waals surface area (Å²) in [4.78, 5) is 35.0. The number of hydrogen-bond donors (Lipinski definition) is 3. The molecule has 0 radical (unpaired) electrons.